The number of hydrogen-bond donors (Lipinski definition) is 0. The molecule has 1 aromatic heterocycles. The highest BCUT2D eigenvalue weighted by Gasteiger charge is 2.22. The van der Waals surface area contributed by atoms with Crippen molar-refractivity contribution in [1.82, 2.24) is 9.88 Å². The molecule has 2 aromatic rings. The van der Waals surface area contributed by atoms with Crippen LogP contribution in [0.4, 0.5) is 0 Å². The van der Waals surface area contributed by atoms with Crippen molar-refractivity contribution < 1.29 is 0 Å². The largest absolute Gasteiger partial charge is 0.299 e. The summed E-state index contributed by atoms with van der Waals surface area (Å²) in [5, 5.41) is 0. The molecule has 20 heavy (non-hydrogen) atoms. The summed E-state index contributed by atoms with van der Waals surface area (Å²) >= 11 is 0. The van der Waals surface area contributed by atoms with Crippen molar-refractivity contribution in [1.29, 1.82) is 0 Å². The number of nitrogens with zero attached hydrogens (tertiary/aromatic N) is 2. The summed E-state index contributed by atoms with van der Waals surface area (Å²) in [4.78, 5) is 6.74. The first kappa shape index (κ1) is 12.9. The molecule has 2 heterocycles. The van der Waals surface area contributed by atoms with E-state index in [0.717, 1.165) is 11.1 Å². The third-order valence-electron chi connectivity index (χ3n) is 3.79. The lowest BCUT2D eigenvalue weighted by molar-refractivity contribution is 0.317. The predicted octanol–water partition coefficient (Wildman–Crippen LogP) is 3.25. The van der Waals surface area contributed by atoms with Gasteiger partial charge >= 0.3 is 0 Å². The molecule has 1 unspecified atom stereocenters. The molecule has 0 bridgehead atoms. The fourth-order valence-corrected chi connectivity index (χ4v) is 2.71. The van der Waals surface area contributed by atoms with Crippen LogP contribution < -0.4 is 0 Å². The van der Waals surface area contributed by atoms with Gasteiger partial charge in [-0.1, -0.05) is 30.0 Å². The number of benzene rings is 1. The van der Waals surface area contributed by atoms with Gasteiger partial charge in [-0.25, -0.2) is 0 Å². The van der Waals surface area contributed by atoms with Gasteiger partial charge in [0.05, 0.1) is 0 Å². The number of rotatable bonds is 1. The van der Waals surface area contributed by atoms with Crippen LogP contribution in [0.3, 0.4) is 0 Å². The van der Waals surface area contributed by atoms with Gasteiger partial charge in [-0.15, -0.1) is 0 Å². The van der Waals surface area contributed by atoms with Gasteiger partial charge < -0.3 is 0 Å². The lowest BCUT2D eigenvalue weighted by Gasteiger charge is -2.19. The Bertz CT molecular complexity index is 637. The van der Waals surface area contributed by atoms with Crippen LogP contribution in [0.25, 0.3) is 0 Å². The van der Waals surface area contributed by atoms with E-state index in [9.17, 15) is 0 Å². The zero-order valence-corrected chi connectivity index (χ0v) is 11.7. The Balaban J connectivity index is 1.83. The molecular weight excluding hydrogens is 244 g/mol. The van der Waals surface area contributed by atoms with Crippen LogP contribution in [0.1, 0.15) is 35.6 Å². The Morgan fingerprint density at radius 1 is 1.10 bits per heavy atom. The molecular formula is C18H18N2. The maximum Gasteiger partial charge on any atom is 0.0435 e. The normalized spacial score (nSPS) is 18.6. The SMILES string of the molecule is CN1CCCC1c1cncc(C#Cc2ccccc2)c1. The molecule has 100 valence electrons. The van der Waals surface area contributed by atoms with Gasteiger partial charge in [0.15, 0.2) is 0 Å². The second-order valence-corrected chi connectivity index (χ2v) is 5.26. The molecule has 1 aromatic carbocycles. The average molecular weight is 262 g/mol. The van der Waals surface area contributed by atoms with Gasteiger partial charge in [0.25, 0.3) is 0 Å². The monoisotopic (exact) mass is 262 g/mol. The molecule has 1 saturated heterocycles. The topological polar surface area (TPSA) is 16.1 Å². The van der Waals surface area contributed by atoms with E-state index in [1.54, 1.807) is 0 Å². The summed E-state index contributed by atoms with van der Waals surface area (Å²) in [7, 11) is 2.18. The number of aromatic nitrogens is 1. The van der Waals surface area contributed by atoms with Crippen LogP contribution >= 0.6 is 0 Å². The van der Waals surface area contributed by atoms with Gasteiger partial charge in [0.2, 0.25) is 0 Å². The quantitative estimate of drug-likeness (QED) is 0.733. The van der Waals surface area contributed by atoms with Gasteiger partial charge in [-0.05, 0) is 50.2 Å². The van der Waals surface area contributed by atoms with Crippen molar-refractivity contribution in [3.8, 4) is 11.8 Å². The van der Waals surface area contributed by atoms with Crippen molar-refractivity contribution in [3.05, 3.63) is 65.5 Å². The second kappa shape index (κ2) is 5.90. The molecule has 0 radical (unpaired) electrons. The minimum absolute atomic E-state index is 0.501. The van der Waals surface area contributed by atoms with Gasteiger partial charge in [-0.3, -0.25) is 9.88 Å². The van der Waals surface area contributed by atoms with Crippen molar-refractivity contribution in [2.75, 3.05) is 13.6 Å². The Morgan fingerprint density at radius 3 is 2.65 bits per heavy atom. The summed E-state index contributed by atoms with van der Waals surface area (Å²) in [5.41, 5.74) is 3.31. The Kier molecular flexibility index (Phi) is 3.80. The van der Waals surface area contributed by atoms with E-state index in [2.05, 4.69) is 34.8 Å². The predicted molar refractivity (Wildman–Crippen MR) is 81.3 cm³/mol. The first-order valence-corrected chi connectivity index (χ1v) is 7.05. The van der Waals surface area contributed by atoms with Crippen LogP contribution in [0.2, 0.25) is 0 Å². The summed E-state index contributed by atoms with van der Waals surface area (Å²) in [6.45, 7) is 1.17. The van der Waals surface area contributed by atoms with Crippen LogP contribution in [0, 0.1) is 11.8 Å². The maximum absolute atomic E-state index is 4.35. The summed E-state index contributed by atoms with van der Waals surface area (Å²) in [5.74, 6) is 6.39. The summed E-state index contributed by atoms with van der Waals surface area (Å²) < 4.78 is 0. The molecule has 0 aliphatic carbocycles. The van der Waals surface area contributed by atoms with E-state index >= 15 is 0 Å². The van der Waals surface area contributed by atoms with Gasteiger partial charge in [0, 0.05) is 29.6 Å². The average Bonchev–Trinajstić information content (AvgIpc) is 2.93. The smallest absolute Gasteiger partial charge is 0.0435 e. The molecule has 1 atom stereocenters. The van der Waals surface area contributed by atoms with Crippen LogP contribution in [0.5, 0.6) is 0 Å². The molecule has 1 fully saturated rings. The highest BCUT2D eigenvalue weighted by molar-refractivity contribution is 5.42. The number of pyridine rings is 1. The van der Waals surface area contributed by atoms with Crippen molar-refractivity contribution in [3.63, 3.8) is 0 Å². The Hall–Kier alpha value is -2.11. The zero-order valence-electron chi connectivity index (χ0n) is 11.7. The van der Waals surface area contributed by atoms with E-state index in [0.29, 0.717) is 6.04 Å². The van der Waals surface area contributed by atoms with Crippen molar-refractivity contribution >= 4 is 0 Å². The van der Waals surface area contributed by atoms with Crippen molar-refractivity contribution in [2.45, 2.75) is 18.9 Å². The van der Waals surface area contributed by atoms with Crippen LogP contribution in [0.15, 0.2) is 48.8 Å². The summed E-state index contributed by atoms with van der Waals surface area (Å²) in [6.07, 6.45) is 6.30. The molecule has 3 rings (SSSR count). The molecule has 2 nitrogen and oxygen atoms in total. The van der Waals surface area contributed by atoms with E-state index < -0.39 is 0 Å². The first-order valence-electron chi connectivity index (χ1n) is 7.05. The van der Waals surface area contributed by atoms with Crippen LogP contribution in [-0.4, -0.2) is 23.5 Å². The fourth-order valence-electron chi connectivity index (χ4n) is 2.71. The molecule has 0 spiro atoms. The Labute approximate surface area is 120 Å². The highest BCUT2D eigenvalue weighted by atomic mass is 15.1. The van der Waals surface area contributed by atoms with Crippen LogP contribution in [-0.2, 0) is 0 Å². The summed E-state index contributed by atoms with van der Waals surface area (Å²) in [6, 6.07) is 12.7. The fraction of sp³-hybridized carbons (Fsp3) is 0.278. The second-order valence-electron chi connectivity index (χ2n) is 5.26. The maximum atomic E-state index is 4.35. The molecule has 2 heteroatoms. The van der Waals surface area contributed by atoms with Gasteiger partial charge in [-0.2, -0.15) is 0 Å². The van der Waals surface area contributed by atoms with E-state index in [1.807, 2.05) is 42.7 Å². The van der Waals surface area contributed by atoms with Crippen molar-refractivity contribution in [2.24, 2.45) is 0 Å². The van der Waals surface area contributed by atoms with E-state index in [4.69, 9.17) is 0 Å². The lowest BCUT2D eigenvalue weighted by Crippen LogP contribution is -2.17. The molecule has 1 aliphatic rings. The highest BCUT2D eigenvalue weighted by Crippen LogP contribution is 2.29. The Morgan fingerprint density at radius 2 is 1.90 bits per heavy atom. The van der Waals surface area contributed by atoms with Gasteiger partial charge in [0.1, 0.15) is 0 Å². The third-order valence-corrected chi connectivity index (χ3v) is 3.79. The standard InChI is InChI=1S/C18H18N2/c1-20-11-5-8-18(20)17-12-16(13-19-14-17)10-9-15-6-3-2-4-7-15/h2-4,6-7,12-14,18H,5,8,11H2,1H3. The molecule has 0 amide bonds. The molecule has 1 aliphatic heterocycles. The zero-order chi connectivity index (χ0) is 13.8. The minimum atomic E-state index is 0.501. The molecule has 0 saturated carbocycles. The minimum Gasteiger partial charge on any atom is -0.299 e. The van der Waals surface area contributed by atoms with E-state index in [-0.39, 0.29) is 0 Å². The third kappa shape index (κ3) is 2.89. The number of hydrogen-bond acceptors (Lipinski definition) is 2. The van der Waals surface area contributed by atoms with E-state index in [1.165, 1.54) is 24.9 Å². The first-order chi connectivity index (χ1) is 9.83. The molecule has 0 N–H and O–H groups in total. The lowest BCUT2D eigenvalue weighted by atomic mass is 10.1. The number of likely N-dealkylation sites (tertiary alicyclic amines) is 1.